The molecule has 0 saturated carbocycles. The van der Waals surface area contributed by atoms with E-state index in [-0.39, 0.29) is 28.5 Å². The first-order valence-corrected chi connectivity index (χ1v) is 9.24. The first kappa shape index (κ1) is 19.7. The molecule has 1 saturated heterocycles. The van der Waals surface area contributed by atoms with E-state index in [2.05, 4.69) is 25.7 Å². The fourth-order valence-electron chi connectivity index (χ4n) is 3.37. The Hall–Kier alpha value is -3.57. The summed E-state index contributed by atoms with van der Waals surface area (Å²) >= 11 is 0. The van der Waals surface area contributed by atoms with E-state index in [1.807, 2.05) is 4.90 Å². The van der Waals surface area contributed by atoms with Crippen LogP contribution in [-0.4, -0.2) is 45.6 Å². The molecule has 158 valence electrons. The molecule has 0 spiro atoms. The Morgan fingerprint density at radius 1 is 1.17 bits per heavy atom. The molecule has 12 heteroatoms. The number of hydrogen-bond donors (Lipinski definition) is 3. The molecule has 4 heterocycles. The summed E-state index contributed by atoms with van der Waals surface area (Å²) in [5.41, 5.74) is 4.83. The number of aromatic nitrogens is 4. The van der Waals surface area contributed by atoms with Crippen molar-refractivity contribution in [1.29, 1.82) is 0 Å². The van der Waals surface area contributed by atoms with Gasteiger partial charge in [-0.25, -0.2) is 9.97 Å². The predicted molar refractivity (Wildman–Crippen MR) is 105 cm³/mol. The summed E-state index contributed by atoms with van der Waals surface area (Å²) in [5, 5.41) is 9.87. The number of halogens is 3. The molecule has 1 aliphatic heterocycles. The van der Waals surface area contributed by atoms with Gasteiger partial charge in [0.2, 0.25) is 0 Å². The highest BCUT2D eigenvalue weighted by Gasteiger charge is 2.34. The summed E-state index contributed by atoms with van der Waals surface area (Å²) in [6.07, 6.45) is -1.50. The van der Waals surface area contributed by atoms with Gasteiger partial charge in [-0.05, 0) is 18.9 Å². The number of carbonyl (C=O) groups is 1. The molecular formula is C18H19F3N8O. The fourth-order valence-corrected chi connectivity index (χ4v) is 3.37. The van der Waals surface area contributed by atoms with Crippen molar-refractivity contribution >= 4 is 34.7 Å². The smallest absolute Gasteiger partial charge is 0.373 e. The van der Waals surface area contributed by atoms with Gasteiger partial charge in [0.05, 0.1) is 6.20 Å². The molecule has 3 aromatic heterocycles. The van der Waals surface area contributed by atoms with E-state index >= 15 is 0 Å². The minimum Gasteiger partial charge on any atom is -0.373 e. The summed E-state index contributed by atoms with van der Waals surface area (Å²) in [5.74, 6) is 0.236. The number of carbonyl (C=O) groups excluding carboxylic acids is 1. The van der Waals surface area contributed by atoms with E-state index in [1.54, 1.807) is 19.2 Å². The van der Waals surface area contributed by atoms with Crippen LogP contribution >= 0.6 is 0 Å². The average molecular weight is 420 g/mol. The SMILES string of the molecule is CNc1cc(Nc2cc(N3CCCC3)nc(C(F)(F)F)c2)nc2c(C(N)=O)cnn12. The van der Waals surface area contributed by atoms with Crippen LogP contribution in [0.1, 0.15) is 28.9 Å². The van der Waals surface area contributed by atoms with Crippen LogP contribution in [0.5, 0.6) is 0 Å². The van der Waals surface area contributed by atoms with Crippen molar-refractivity contribution in [1.82, 2.24) is 19.6 Å². The molecule has 4 rings (SSSR count). The van der Waals surface area contributed by atoms with Gasteiger partial charge < -0.3 is 21.3 Å². The first-order valence-electron chi connectivity index (χ1n) is 9.24. The Morgan fingerprint density at radius 2 is 1.90 bits per heavy atom. The topological polar surface area (TPSA) is 113 Å². The number of fused-ring (bicyclic) bond motifs is 1. The molecular weight excluding hydrogens is 401 g/mol. The molecule has 0 bridgehead atoms. The molecule has 0 radical (unpaired) electrons. The van der Waals surface area contributed by atoms with Gasteiger partial charge in [0, 0.05) is 38.0 Å². The summed E-state index contributed by atoms with van der Waals surface area (Å²) < 4.78 is 41.6. The largest absolute Gasteiger partial charge is 0.433 e. The number of amides is 1. The number of pyridine rings is 1. The Labute approximate surface area is 169 Å². The van der Waals surface area contributed by atoms with Crippen molar-refractivity contribution in [2.45, 2.75) is 19.0 Å². The Morgan fingerprint density at radius 3 is 2.53 bits per heavy atom. The van der Waals surface area contributed by atoms with E-state index in [9.17, 15) is 18.0 Å². The number of nitrogens with two attached hydrogens (primary N) is 1. The monoisotopic (exact) mass is 420 g/mol. The Balaban J connectivity index is 1.77. The lowest BCUT2D eigenvalue weighted by molar-refractivity contribution is -0.141. The maximum Gasteiger partial charge on any atom is 0.433 e. The molecule has 0 atom stereocenters. The number of nitrogens with one attached hydrogen (secondary N) is 2. The van der Waals surface area contributed by atoms with Crippen molar-refractivity contribution in [3.8, 4) is 0 Å². The number of primary amides is 1. The molecule has 3 aromatic rings. The number of nitrogens with zero attached hydrogens (tertiary/aromatic N) is 5. The van der Waals surface area contributed by atoms with Crippen LogP contribution in [0.3, 0.4) is 0 Å². The van der Waals surface area contributed by atoms with E-state index in [1.165, 1.54) is 10.7 Å². The maximum absolute atomic E-state index is 13.4. The van der Waals surface area contributed by atoms with Gasteiger partial charge >= 0.3 is 6.18 Å². The van der Waals surface area contributed by atoms with Crippen LogP contribution in [0.4, 0.5) is 36.3 Å². The first-order chi connectivity index (χ1) is 14.3. The quantitative estimate of drug-likeness (QED) is 0.581. The second-order valence-corrected chi connectivity index (χ2v) is 6.85. The van der Waals surface area contributed by atoms with Gasteiger partial charge in [0.25, 0.3) is 5.91 Å². The normalized spacial score (nSPS) is 14.3. The predicted octanol–water partition coefficient (Wildman–Crippen LogP) is 2.63. The third-order valence-electron chi connectivity index (χ3n) is 4.80. The van der Waals surface area contributed by atoms with Crippen molar-refractivity contribution in [3.05, 3.63) is 35.7 Å². The highest BCUT2D eigenvalue weighted by atomic mass is 19.4. The fraction of sp³-hybridized carbons (Fsp3) is 0.333. The Kier molecular flexibility index (Phi) is 4.84. The maximum atomic E-state index is 13.4. The van der Waals surface area contributed by atoms with Gasteiger partial charge in [-0.1, -0.05) is 0 Å². The zero-order chi connectivity index (χ0) is 21.5. The number of hydrogen-bond acceptors (Lipinski definition) is 7. The summed E-state index contributed by atoms with van der Waals surface area (Å²) in [6, 6.07) is 4.04. The minimum atomic E-state index is -4.59. The van der Waals surface area contributed by atoms with Crippen LogP contribution in [-0.2, 0) is 6.18 Å². The molecule has 9 nitrogen and oxygen atoms in total. The van der Waals surface area contributed by atoms with Gasteiger partial charge in [0.15, 0.2) is 5.65 Å². The van der Waals surface area contributed by atoms with Crippen LogP contribution < -0.4 is 21.3 Å². The lowest BCUT2D eigenvalue weighted by Crippen LogP contribution is -2.21. The highest BCUT2D eigenvalue weighted by Crippen LogP contribution is 2.33. The Bertz CT molecular complexity index is 1100. The molecule has 4 N–H and O–H groups in total. The van der Waals surface area contributed by atoms with Crippen molar-refractivity contribution in [2.75, 3.05) is 35.7 Å². The zero-order valence-electron chi connectivity index (χ0n) is 16.0. The van der Waals surface area contributed by atoms with Crippen LogP contribution in [0.2, 0.25) is 0 Å². The van der Waals surface area contributed by atoms with E-state index in [0.717, 1.165) is 18.9 Å². The van der Waals surface area contributed by atoms with Crippen LogP contribution in [0.25, 0.3) is 5.65 Å². The molecule has 0 unspecified atom stereocenters. The van der Waals surface area contributed by atoms with Crippen LogP contribution in [0, 0.1) is 0 Å². The van der Waals surface area contributed by atoms with Crippen molar-refractivity contribution < 1.29 is 18.0 Å². The van der Waals surface area contributed by atoms with E-state index in [0.29, 0.717) is 18.9 Å². The molecule has 1 amide bonds. The van der Waals surface area contributed by atoms with Crippen molar-refractivity contribution in [3.63, 3.8) is 0 Å². The van der Waals surface area contributed by atoms with Gasteiger partial charge in [-0.2, -0.15) is 22.8 Å². The molecule has 1 fully saturated rings. The lowest BCUT2D eigenvalue weighted by Gasteiger charge is -2.20. The second-order valence-electron chi connectivity index (χ2n) is 6.85. The van der Waals surface area contributed by atoms with E-state index < -0.39 is 17.8 Å². The molecule has 0 aromatic carbocycles. The standard InChI is InChI=1S/C18H19F3N8O/c1-23-14-8-13(27-17-11(16(22)30)9-24-29(14)17)25-10-6-12(18(19,20)21)26-15(7-10)28-4-2-3-5-28/h6-9,23H,2-5H2,1H3,(H2,22,30)(H,25,26,27). The third kappa shape index (κ3) is 3.67. The lowest BCUT2D eigenvalue weighted by atomic mass is 10.2. The van der Waals surface area contributed by atoms with Gasteiger partial charge in [-0.15, -0.1) is 0 Å². The van der Waals surface area contributed by atoms with Gasteiger partial charge in [0.1, 0.15) is 28.7 Å². The number of anilines is 4. The number of rotatable bonds is 5. The molecule has 1 aliphatic rings. The van der Waals surface area contributed by atoms with Crippen LogP contribution in [0.15, 0.2) is 24.4 Å². The number of alkyl halides is 3. The second kappa shape index (κ2) is 7.35. The third-order valence-corrected chi connectivity index (χ3v) is 4.80. The summed E-state index contributed by atoms with van der Waals surface area (Å²) in [4.78, 5) is 21.6. The molecule has 30 heavy (non-hydrogen) atoms. The van der Waals surface area contributed by atoms with Crippen molar-refractivity contribution in [2.24, 2.45) is 5.73 Å². The van der Waals surface area contributed by atoms with Gasteiger partial charge in [-0.3, -0.25) is 4.79 Å². The average Bonchev–Trinajstić information content (AvgIpc) is 3.36. The van der Waals surface area contributed by atoms with E-state index in [4.69, 9.17) is 5.73 Å². The summed E-state index contributed by atoms with van der Waals surface area (Å²) in [6.45, 7) is 1.30. The molecule has 0 aliphatic carbocycles. The minimum absolute atomic E-state index is 0.0959. The highest BCUT2D eigenvalue weighted by molar-refractivity contribution is 5.99. The summed E-state index contributed by atoms with van der Waals surface area (Å²) in [7, 11) is 1.64. The zero-order valence-corrected chi connectivity index (χ0v) is 16.0.